The largest absolute Gasteiger partial charge is 0.341 e. The number of piperidine rings is 1. The van der Waals surface area contributed by atoms with Crippen LogP contribution in [0.5, 0.6) is 0 Å². The molecule has 3 rings (SSSR count). The number of rotatable bonds is 9. The SMILES string of the molecule is CN(C)CCCN(C)C1CCCN(C(=O)CCc2nc(-c3ccccc3)no2)C1. The highest BCUT2D eigenvalue weighted by molar-refractivity contribution is 5.76. The van der Waals surface area contributed by atoms with Crippen LogP contribution < -0.4 is 0 Å². The molecule has 1 aromatic heterocycles. The topological polar surface area (TPSA) is 65.7 Å². The van der Waals surface area contributed by atoms with Gasteiger partial charge in [0.05, 0.1) is 0 Å². The third kappa shape index (κ3) is 6.37. The monoisotopic (exact) mass is 399 g/mol. The molecule has 0 radical (unpaired) electrons. The van der Waals surface area contributed by atoms with E-state index in [-0.39, 0.29) is 5.91 Å². The van der Waals surface area contributed by atoms with E-state index in [9.17, 15) is 4.79 Å². The van der Waals surface area contributed by atoms with Gasteiger partial charge in [-0.1, -0.05) is 35.5 Å². The Morgan fingerprint density at radius 1 is 1.21 bits per heavy atom. The van der Waals surface area contributed by atoms with Crippen molar-refractivity contribution in [3.8, 4) is 11.4 Å². The highest BCUT2D eigenvalue weighted by Crippen LogP contribution is 2.18. The van der Waals surface area contributed by atoms with Gasteiger partial charge in [0.1, 0.15) is 0 Å². The molecule has 1 aliphatic heterocycles. The number of carbonyl (C=O) groups is 1. The second kappa shape index (κ2) is 10.5. The maximum absolute atomic E-state index is 12.7. The molecule has 1 saturated heterocycles. The van der Waals surface area contributed by atoms with Crippen molar-refractivity contribution in [2.75, 3.05) is 47.3 Å². The maximum atomic E-state index is 12.7. The van der Waals surface area contributed by atoms with Crippen molar-refractivity contribution in [3.05, 3.63) is 36.2 Å². The standard InChI is InChI=1S/C22H33N5O2/c1-25(2)14-8-15-26(3)19-11-7-16-27(17-19)21(28)13-12-20-23-22(24-29-20)18-9-5-4-6-10-18/h4-6,9-10,19H,7-8,11-17H2,1-3H3. The molecule has 0 spiro atoms. The quantitative estimate of drug-likeness (QED) is 0.646. The molecule has 0 bridgehead atoms. The van der Waals surface area contributed by atoms with Crippen molar-refractivity contribution in [1.82, 2.24) is 24.8 Å². The zero-order chi connectivity index (χ0) is 20.6. The number of carbonyl (C=O) groups excluding carboxylic acids is 1. The number of aromatic nitrogens is 2. The summed E-state index contributed by atoms with van der Waals surface area (Å²) in [4.78, 5) is 23.8. The van der Waals surface area contributed by atoms with Gasteiger partial charge in [0.25, 0.3) is 0 Å². The summed E-state index contributed by atoms with van der Waals surface area (Å²) in [5.41, 5.74) is 0.921. The summed E-state index contributed by atoms with van der Waals surface area (Å²) in [5.74, 6) is 1.27. The van der Waals surface area contributed by atoms with Crippen molar-refractivity contribution in [2.45, 2.75) is 38.1 Å². The van der Waals surface area contributed by atoms with E-state index in [1.165, 1.54) is 0 Å². The lowest BCUT2D eigenvalue weighted by Gasteiger charge is -2.38. The summed E-state index contributed by atoms with van der Waals surface area (Å²) in [6.45, 7) is 3.82. The van der Waals surface area contributed by atoms with Crippen LogP contribution in [0.3, 0.4) is 0 Å². The number of aryl methyl sites for hydroxylation is 1. The van der Waals surface area contributed by atoms with E-state index in [0.29, 0.717) is 30.6 Å². The highest BCUT2D eigenvalue weighted by Gasteiger charge is 2.26. The van der Waals surface area contributed by atoms with E-state index < -0.39 is 0 Å². The first kappa shape index (κ1) is 21.5. The number of likely N-dealkylation sites (tertiary alicyclic amines) is 1. The van der Waals surface area contributed by atoms with Gasteiger partial charge in [0, 0.05) is 37.5 Å². The van der Waals surface area contributed by atoms with Crippen LogP contribution in [-0.2, 0) is 11.2 Å². The van der Waals surface area contributed by atoms with Gasteiger partial charge in [-0.05, 0) is 53.5 Å². The lowest BCUT2D eigenvalue weighted by atomic mass is 10.0. The molecule has 1 unspecified atom stereocenters. The van der Waals surface area contributed by atoms with Gasteiger partial charge in [0.2, 0.25) is 17.6 Å². The van der Waals surface area contributed by atoms with Crippen LogP contribution in [0.1, 0.15) is 31.6 Å². The minimum Gasteiger partial charge on any atom is -0.341 e. The Hall–Kier alpha value is -2.25. The maximum Gasteiger partial charge on any atom is 0.227 e. The van der Waals surface area contributed by atoms with Crippen LogP contribution in [0.25, 0.3) is 11.4 Å². The molecule has 7 heteroatoms. The van der Waals surface area contributed by atoms with Crippen molar-refractivity contribution >= 4 is 5.91 Å². The average molecular weight is 400 g/mol. The lowest BCUT2D eigenvalue weighted by Crippen LogP contribution is -2.49. The first-order valence-electron chi connectivity index (χ1n) is 10.5. The van der Waals surface area contributed by atoms with Crippen LogP contribution in [0.4, 0.5) is 0 Å². The Balaban J connectivity index is 1.46. The number of likely N-dealkylation sites (N-methyl/N-ethyl adjacent to an activating group) is 1. The molecule has 1 amide bonds. The van der Waals surface area contributed by atoms with E-state index in [1.54, 1.807) is 0 Å². The third-order valence-corrected chi connectivity index (χ3v) is 5.54. The number of benzene rings is 1. The van der Waals surface area contributed by atoms with Crippen molar-refractivity contribution in [2.24, 2.45) is 0 Å². The molecule has 7 nitrogen and oxygen atoms in total. The van der Waals surface area contributed by atoms with E-state index >= 15 is 0 Å². The fourth-order valence-electron chi connectivity index (χ4n) is 3.79. The van der Waals surface area contributed by atoms with Crippen molar-refractivity contribution in [3.63, 3.8) is 0 Å². The third-order valence-electron chi connectivity index (χ3n) is 5.54. The van der Waals surface area contributed by atoms with Crippen LogP contribution in [0.2, 0.25) is 0 Å². The lowest BCUT2D eigenvalue weighted by molar-refractivity contribution is -0.133. The van der Waals surface area contributed by atoms with Crippen LogP contribution in [0.15, 0.2) is 34.9 Å². The molecule has 29 heavy (non-hydrogen) atoms. The second-order valence-corrected chi connectivity index (χ2v) is 8.15. The summed E-state index contributed by atoms with van der Waals surface area (Å²) in [7, 11) is 6.39. The predicted octanol–water partition coefficient (Wildman–Crippen LogP) is 2.54. The highest BCUT2D eigenvalue weighted by atomic mass is 16.5. The average Bonchev–Trinajstić information content (AvgIpc) is 3.21. The zero-order valence-electron chi connectivity index (χ0n) is 17.9. The number of nitrogens with zero attached hydrogens (tertiary/aromatic N) is 5. The number of hydrogen-bond acceptors (Lipinski definition) is 6. The molecule has 1 atom stereocenters. The Morgan fingerprint density at radius 3 is 2.76 bits per heavy atom. The smallest absolute Gasteiger partial charge is 0.227 e. The van der Waals surface area contributed by atoms with Gasteiger partial charge in [-0.3, -0.25) is 4.79 Å². The molecule has 0 N–H and O–H groups in total. The predicted molar refractivity (Wildman–Crippen MR) is 113 cm³/mol. The fourth-order valence-corrected chi connectivity index (χ4v) is 3.79. The summed E-state index contributed by atoms with van der Waals surface area (Å²) in [6, 6.07) is 10.2. The van der Waals surface area contributed by atoms with Gasteiger partial charge < -0.3 is 19.2 Å². The fraction of sp³-hybridized carbons (Fsp3) is 0.591. The van der Waals surface area contributed by atoms with Crippen molar-refractivity contribution < 1.29 is 9.32 Å². The summed E-state index contributed by atoms with van der Waals surface area (Å²) >= 11 is 0. The minimum absolute atomic E-state index is 0.177. The molecule has 2 heterocycles. The first-order chi connectivity index (χ1) is 14.0. The summed E-state index contributed by atoms with van der Waals surface area (Å²) in [5, 5.41) is 4.03. The Morgan fingerprint density at radius 2 is 2.00 bits per heavy atom. The molecular formula is C22H33N5O2. The van der Waals surface area contributed by atoms with E-state index in [1.807, 2.05) is 35.2 Å². The number of hydrogen-bond donors (Lipinski definition) is 0. The van der Waals surface area contributed by atoms with Gasteiger partial charge >= 0.3 is 0 Å². The van der Waals surface area contributed by atoms with E-state index in [2.05, 4.69) is 41.1 Å². The molecule has 1 fully saturated rings. The van der Waals surface area contributed by atoms with Gasteiger partial charge in [-0.2, -0.15) is 4.98 Å². The molecule has 1 aromatic carbocycles. The summed E-state index contributed by atoms with van der Waals surface area (Å²) in [6.07, 6.45) is 4.26. The van der Waals surface area contributed by atoms with Crippen molar-refractivity contribution in [1.29, 1.82) is 0 Å². The molecule has 0 aliphatic carbocycles. The van der Waals surface area contributed by atoms with E-state index in [4.69, 9.17) is 4.52 Å². The van der Waals surface area contributed by atoms with Crippen LogP contribution in [0, 0.1) is 0 Å². The molecule has 0 saturated carbocycles. The second-order valence-electron chi connectivity index (χ2n) is 8.15. The molecule has 1 aliphatic rings. The van der Waals surface area contributed by atoms with Gasteiger partial charge in [-0.25, -0.2) is 0 Å². The Kier molecular flexibility index (Phi) is 7.77. The molecule has 2 aromatic rings. The molecule has 158 valence electrons. The van der Waals surface area contributed by atoms with Crippen LogP contribution in [-0.4, -0.2) is 84.1 Å². The van der Waals surface area contributed by atoms with Crippen LogP contribution >= 0.6 is 0 Å². The first-order valence-corrected chi connectivity index (χ1v) is 10.5. The van der Waals surface area contributed by atoms with Gasteiger partial charge in [-0.15, -0.1) is 0 Å². The minimum atomic E-state index is 0.177. The Bertz CT molecular complexity index is 762. The summed E-state index contributed by atoms with van der Waals surface area (Å²) < 4.78 is 5.34. The number of amides is 1. The normalized spacial score (nSPS) is 17.3. The molecular weight excluding hydrogens is 366 g/mol. The van der Waals surface area contributed by atoms with Gasteiger partial charge in [0.15, 0.2) is 0 Å². The van der Waals surface area contributed by atoms with E-state index in [0.717, 1.165) is 51.0 Å². The zero-order valence-corrected chi connectivity index (χ0v) is 17.9. The Labute approximate surface area is 173 Å².